The molecular weight excluding hydrogens is 251 g/mol. The summed E-state index contributed by atoms with van der Waals surface area (Å²) in [6.45, 7) is 1.55. The van der Waals surface area contributed by atoms with Crippen molar-refractivity contribution in [2.45, 2.75) is 23.7 Å². The number of thioether (sulfide) groups is 1. The van der Waals surface area contributed by atoms with Gasteiger partial charge in [0, 0.05) is 11.9 Å². The molecule has 92 valence electrons. The summed E-state index contributed by atoms with van der Waals surface area (Å²) < 4.78 is 36.7. The average molecular weight is 261 g/mol. The van der Waals surface area contributed by atoms with E-state index >= 15 is 0 Å². The van der Waals surface area contributed by atoms with Gasteiger partial charge in [-0.2, -0.15) is 18.4 Å². The molecule has 0 saturated carbocycles. The maximum Gasteiger partial charge on any atom is 0.417 e. The molecule has 0 aliphatic heterocycles. The van der Waals surface area contributed by atoms with Crippen LogP contribution in [0.4, 0.5) is 13.2 Å². The third kappa shape index (κ3) is 4.24. The van der Waals surface area contributed by atoms with Crippen LogP contribution in [0.2, 0.25) is 0 Å². The summed E-state index contributed by atoms with van der Waals surface area (Å²) in [6, 6.07) is 4.12. The van der Waals surface area contributed by atoms with Crippen LogP contribution in [0.15, 0.2) is 23.4 Å². The van der Waals surface area contributed by atoms with Gasteiger partial charge in [-0.1, -0.05) is 0 Å². The fourth-order valence-electron chi connectivity index (χ4n) is 0.889. The first-order valence-corrected chi connectivity index (χ1v) is 5.59. The summed E-state index contributed by atoms with van der Waals surface area (Å²) in [5.74, 6) is 0.266. The van der Waals surface area contributed by atoms with Gasteiger partial charge < -0.3 is 5.73 Å². The zero-order valence-corrected chi connectivity index (χ0v) is 9.77. The SMILES string of the molecule is CC(N)(C#N)CSc1ccc(C(F)(F)F)cn1. The number of alkyl halides is 3. The molecule has 0 amide bonds. The van der Waals surface area contributed by atoms with Crippen molar-refractivity contribution in [2.75, 3.05) is 5.75 Å². The second kappa shape index (κ2) is 4.94. The van der Waals surface area contributed by atoms with Crippen molar-refractivity contribution < 1.29 is 13.2 Å². The van der Waals surface area contributed by atoms with E-state index in [0.29, 0.717) is 5.03 Å². The maximum absolute atomic E-state index is 12.2. The largest absolute Gasteiger partial charge is 0.417 e. The van der Waals surface area contributed by atoms with Gasteiger partial charge >= 0.3 is 6.18 Å². The molecule has 0 aliphatic carbocycles. The smallest absolute Gasteiger partial charge is 0.313 e. The Labute approximate surface area is 101 Å². The average Bonchev–Trinajstić information content (AvgIpc) is 2.26. The number of halogens is 3. The van der Waals surface area contributed by atoms with Gasteiger partial charge in [-0.3, -0.25) is 0 Å². The lowest BCUT2D eigenvalue weighted by Gasteiger charge is -2.14. The first-order valence-electron chi connectivity index (χ1n) is 4.61. The van der Waals surface area contributed by atoms with Crippen LogP contribution >= 0.6 is 11.8 Å². The quantitative estimate of drug-likeness (QED) is 0.849. The molecule has 17 heavy (non-hydrogen) atoms. The van der Waals surface area contributed by atoms with E-state index in [1.807, 2.05) is 6.07 Å². The Bertz CT molecular complexity index is 420. The Morgan fingerprint density at radius 1 is 1.47 bits per heavy atom. The van der Waals surface area contributed by atoms with E-state index in [9.17, 15) is 13.2 Å². The van der Waals surface area contributed by atoms with E-state index < -0.39 is 17.3 Å². The van der Waals surface area contributed by atoms with Crippen LogP contribution in [-0.4, -0.2) is 16.3 Å². The van der Waals surface area contributed by atoms with Gasteiger partial charge in [0.2, 0.25) is 0 Å². The van der Waals surface area contributed by atoms with Crippen molar-refractivity contribution in [3.63, 3.8) is 0 Å². The summed E-state index contributed by atoms with van der Waals surface area (Å²) >= 11 is 1.15. The monoisotopic (exact) mass is 261 g/mol. The van der Waals surface area contributed by atoms with Crippen LogP contribution < -0.4 is 5.73 Å². The summed E-state index contributed by atoms with van der Waals surface area (Å²) in [7, 11) is 0. The highest BCUT2D eigenvalue weighted by atomic mass is 32.2. The van der Waals surface area contributed by atoms with E-state index in [4.69, 9.17) is 11.0 Å². The van der Waals surface area contributed by atoms with Crippen LogP contribution in [0.1, 0.15) is 12.5 Å². The second-order valence-electron chi connectivity index (χ2n) is 3.70. The lowest BCUT2D eigenvalue weighted by molar-refractivity contribution is -0.137. The zero-order chi connectivity index (χ0) is 13.1. The number of hydrogen-bond donors (Lipinski definition) is 1. The van der Waals surface area contributed by atoms with E-state index in [1.54, 1.807) is 6.92 Å². The van der Waals surface area contributed by atoms with Gasteiger partial charge in [-0.25, -0.2) is 4.98 Å². The molecule has 1 rings (SSSR count). The first kappa shape index (κ1) is 13.8. The highest BCUT2D eigenvalue weighted by Gasteiger charge is 2.30. The lowest BCUT2D eigenvalue weighted by atomic mass is 10.1. The van der Waals surface area contributed by atoms with Crippen LogP contribution in [0.25, 0.3) is 0 Å². The normalized spacial score (nSPS) is 15.1. The van der Waals surface area contributed by atoms with Crippen molar-refractivity contribution in [3.8, 4) is 6.07 Å². The van der Waals surface area contributed by atoms with E-state index in [2.05, 4.69) is 4.98 Å². The molecule has 0 saturated heterocycles. The molecule has 1 aromatic heterocycles. The second-order valence-corrected chi connectivity index (χ2v) is 4.70. The molecule has 0 fully saturated rings. The zero-order valence-electron chi connectivity index (χ0n) is 8.95. The van der Waals surface area contributed by atoms with Gasteiger partial charge in [0.15, 0.2) is 0 Å². The Kier molecular flexibility index (Phi) is 4.01. The van der Waals surface area contributed by atoms with Gasteiger partial charge in [0.05, 0.1) is 16.7 Å². The van der Waals surface area contributed by atoms with Crippen LogP contribution in [0, 0.1) is 11.3 Å². The molecule has 1 heterocycles. The molecular formula is C10H10F3N3S. The molecule has 1 atom stereocenters. The minimum atomic E-state index is -4.38. The predicted molar refractivity (Wildman–Crippen MR) is 58.2 cm³/mol. The predicted octanol–water partition coefficient (Wildman–Crippen LogP) is 2.43. The van der Waals surface area contributed by atoms with E-state index in [-0.39, 0.29) is 5.75 Å². The van der Waals surface area contributed by atoms with Crippen molar-refractivity contribution >= 4 is 11.8 Å². The fraction of sp³-hybridized carbons (Fsp3) is 0.400. The molecule has 2 N–H and O–H groups in total. The highest BCUT2D eigenvalue weighted by Crippen LogP contribution is 2.29. The third-order valence-corrected chi connectivity index (χ3v) is 3.12. The number of nitriles is 1. The molecule has 0 bridgehead atoms. The highest BCUT2D eigenvalue weighted by molar-refractivity contribution is 7.99. The molecule has 1 unspecified atom stereocenters. The summed E-state index contributed by atoms with van der Waals surface area (Å²) in [5.41, 5.74) is 3.76. The number of nitrogens with zero attached hydrogens (tertiary/aromatic N) is 2. The summed E-state index contributed by atoms with van der Waals surface area (Å²) in [4.78, 5) is 3.66. The lowest BCUT2D eigenvalue weighted by Crippen LogP contribution is -2.36. The molecule has 7 heteroatoms. The van der Waals surface area contributed by atoms with Crippen LogP contribution in [-0.2, 0) is 6.18 Å². The summed E-state index contributed by atoms with van der Waals surface area (Å²) in [6.07, 6.45) is -3.62. The van der Waals surface area contributed by atoms with Gasteiger partial charge in [-0.05, 0) is 19.1 Å². The maximum atomic E-state index is 12.2. The summed E-state index contributed by atoms with van der Waals surface area (Å²) in [5, 5.41) is 9.07. The minimum Gasteiger partial charge on any atom is -0.313 e. The topological polar surface area (TPSA) is 62.7 Å². The van der Waals surface area contributed by atoms with Crippen molar-refractivity contribution in [1.82, 2.24) is 4.98 Å². The van der Waals surface area contributed by atoms with Gasteiger partial charge in [0.1, 0.15) is 5.54 Å². The minimum absolute atomic E-state index is 0.266. The first-order chi connectivity index (χ1) is 7.74. The van der Waals surface area contributed by atoms with Crippen LogP contribution in [0.5, 0.6) is 0 Å². The number of nitrogens with two attached hydrogens (primary N) is 1. The number of aromatic nitrogens is 1. The Balaban J connectivity index is 2.68. The Hall–Kier alpha value is -1.26. The number of pyridine rings is 1. The molecule has 1 aromatic rings. The van der Waals surface area contributed by atoms with Gasteiger partial charge in [-0.15, -0.1) is 11.8 Å². The van der Waals surface area contributed by atoms with Gasteiger partial charge in [0.25, 0.3) is 0 Å². The third-order valence-electron chi connectivity index (χ3n) is 1.84. The fourth-order valence-corrected chi connectivity index (χ4v) is 1.69. The molecule has 0 aliphatic rings. The van der Waals surface area contributed by atoms with E-state index in [1.165, 1.54) is 6.07 Å². The number of hydrogen-bond acceptors (Lipinski definition) is 4. The van der Waals surface area contributed by atoms with Crippen LogP contribution in [0.3, 0.4) is 0 Å². The molecule has 3 nitrogen and oxygen atoms in total. The Morgan fingerprint density at radius 2 is 2.12 bits per heavy atom. The molecule has 0 radical (unpaired) electrons. The standard InChI is InChI=1S/C10H10F3N3S/c1-9(15,5-14)6-17-8-3-2-7(4-16-8)10(11,12)13/h2-4H,6,15H2,1H3. The molecule has 0 aromatic carbocycles. The number of rotatable bonds is 3. The van der Waals surface area contributed by atoms with Crippen molar-refractivity contribution in [2.24, 2.45) is 5.73 Å². The van der Waals surface area contributed by atoms with E-state index in [0.717, 1.165) is 24.0 Å². The Morgan fingerprint density at radius 3 is 2.53 bits per heavy atom. The van der Waals surface area contributed by atoms with Crippen molar-refractivity contribution in [3.05, 3.63) is 23.9 Å². The molecule has 0 spiro atoms. The van der Waals surface area contributed by atoms with Crippen molar-refractivity contribution in [1.29, 1.82) is 5.26 Å².